The number of pyridine rings is 1. The number of ether oxygens (including phenoxy) is 2. The molecule has 5 heteroatoms. The first-order valence-corrected chi connectivity index (χ1v) is 6.60. The second-order valence-corrected chi connectivity index (χ2v) is 5.51. The van der Waals surface area contributed by atoms with E-state index in [2.05, 4.69) is 20.9 Å². The van der Waals surface area contributed by atoms with E-state index in [0.29, 0.717) is 17.0 Å². The predicted molar refractivity (Wildman–Crippen MR) is 63.9 cm³/mol. The molecule has 82 valence electrons. The van der Waals surface area contributed by atoms with Crippen LogP contribution in [0.15, 0.2) is 15.7 Å². The van der Waals surface area contributed by atoms with E-state index in [1.54, 1.807) is 11.8 Å². The summed E-state index contributed by atoms with van der Waals surface area (Å²) in [5, 5.41) is 0.918. The van der Waals surface area contributed by atoms with Gasteiger partial charge in [0.1, 0.15) is 17.2 Å². The number of rotatable bonds is 1. The molecular weight excluding hydrogens is 278 g/mol. The van der Waals surface area contributed by atoms with Gasteiger partial charge in [-0.3, -0.25) is 0 Å². The molecule has 1 aliphatic heterocycles. The monoisotopic (exact) mass is 289 g/mol. The fourth-order valence-electron chi connectivity index (χ4n) is 1.34. The average Bonchev–Trinajstić information content (AvgIpc) is 2.15. The van der Waals surface area contributed by atoms with E-state index < -0.39 is 0 Å². The fraction of sp³-hybridized carbons (Fsp3) is 0.500. The normalized spacial score (nSPS) is 17.6. The third-order valence-electron chi connectivity index (χ3n) is 2.03. The van der Waals surface area contributed by atoms with Gasteiger partial charge in [0.25, 0.3) is 0 Å². The Morgan fingerprint density at radius 1 is 1.53 bits per heavy atom. The highest BCUT2D eigenvalue weighted by Gasteiger charge is 2.30. The van der Waals surface area contributed by atoms with Crippen LogP contribution in [0.2, 0.25) is 0 Å². The number of hydrogen-bond donors (Lipinski definition) is 0. The molecule has 0 bridgehead atoms. The fourth-order valence-corrected chi connectivity index (χ4v) is 2.37. The summed E-state index contributed by atoms with van der Waals surface area (Å²) in [6.07, 6.45) is 1.98. The molecule has 0 unspecified atom stereocenters. The molecule has 0 saturated carbocycles. The van der Waals surface area contributed by atoms with E-state index in [4.69, 9.17) is 9.47 Å². The van der Waals surface area contributed by atoms with Crippen molar-refractivity contribution in [1.29, 1.82) is 0 Å². The predicted octanol–water partition coefficient (Wildman–Crippen LogP) is 3.12. The van der Waals surface area contributed by atoms with Crippen LogP contribution in [0.5, 0.6) is 11.5 Å². The average molecular weight is 290 g/mol. The van der Waals surface area contributed by atoms with Gasteiger partial charge in [-0.1, -0.05) is 0 Å². The van der Waals surface area contributed by atoms with Crippen LogP contribution in [-0.4, -0.2) is 23.4 Å². The smallest absolute Gasteiger partial charge is 0.194 e. The van der Waals surface area contributed by atoms with Gasteiger partial charge in [0, 0.05) is 6.07 Å². The molecule has 2 heterocycles. The highest BCUT2D eigenvalue weighted by Crippen LogP contribution is 2.41. The number of hydrogen-bond acceptors (Lipinski definition) is 4. The standard InChI is InChI=1S/C10H12BrNO2S/c1-10(2)5-13-8-6(14-10)4-7(15-3)12-9(8)11/h4H,5H2,1-3H3. The van der Waals surface area contributed by atoms with Gasteiger partial charge in [-0.15, -0.1) is 11.8 Å². The van der Waals surface area contributed by atoms with Crippen LogP contribution in [0.1, 0.15) is 13.8 Å². The number of aromatic nitrogens is 1. The lowest BCUT2D eigenvalue weighted by Gasteiger charge is -2.32. The minimum atomic E-state index is -0.274. The molecule has 0 atom stereocenters. The Hall–Kier alpha value is -0.420. The summed E-state index contributed by atoms with van der Waals surface area (Å²) in [5.41, 5.74) is -0.274. The van der Waals surface area contributed by atoms with Gasteiger partial charge >= 0.3 is 0 Å². The summed E-state index contributed by atoms with van der Waals surface area (Å²) in [5.74, 6) is 1.46. The van der Waals surface area contributed by atoms with E-state index in [1.807, 2.05) is 26.2 Å². The Bertz CT molecular complexity index is 395. The van der Waals surface area contributed by atoms with Crippen molar-refractivity contribution in [2.75, 3.05) is 12.9 Å². The van der Waals surface area contributed by atoms with E-state index in [1.165, 1.54) is 0 Å². The Balaban J connectivity index is 2.44. The molecule has 0 amide bonds. The van der Waals surface area contributed by atoms with E-state index >= 15 is 0 Å². The lowest BCUT2D eigenvalue weighted by atomic mass is 10.1. The first-order valence-electron chi connectivity index (χ1n) is 4.58. The van der Waals surface area contributed by atoms with Gasteiger partial charge in [-0.05, 0) is 36.0 Å². The van der Waals surface area contributed by atoms with Crippen LogP contribution in [-0.2, 0) is 0 Å². The Morgan fingerprint density at radius 2 is 2.27 bits per heavy atom. The third-order valence-corrected chi connectivity index (χ3v) is 3.20. The number of thioether (sulfide) groups is 1. The molecular formula is C10H12BrNO2S. The summed E-state index contributed by atoms with van der Waals surface area (Å²) in [6.45, 7) is 4.55. The third kappa shape index (κ3) is 2.23. The zero-order chi connectivity index (χ0) is 11.1. The molecule has 0 aliphatic carbocycles. The van der Waals surface area contributed by atoms with Crippen molar-refractivity contribution in [3.63, 3.8) is 0 Å². The summed E-state index contributed by atoms with van der Waals surface area (Å²) in [4.78, 5) is 4.33. The summed E-state index contributed by atoms with van der Waals surface area (Å²) in [7, 11) is 0. The number of nitrogens with zero attached hydrogens (tertiary/aromatic N) is 1. The summed E-state index contributed by atoms with van der Waals surface area (Å²) < 4.78 is 12.2. The van der Waals surface area contributed by atoms with E-state index in [-0.39, 0.29) is 5.60 Å². The van der Waals surface area contributed by atoms with Crippen LogP contribution in [0.3, 0.4) is 0 Å². The van der Waals surface area contributed by atoms with Gasteiger partial charge in [-0.2, -0.15) is 0 Å². The minimum Gasteiger partial charge on any atom is -0.483 e. The summed E-state index contributed by atoms with van der Waals surface area (Å²) >= 11 is 4.96. The molecule has 15 heavy (non-hydrogen) atoms. The van der Waals surface area contributed by atoms with Crippen molar-refractivity contribution in [2.24, 2.45) is 0 Å². The maximum absolute atomic E-state index is 5.83. The maximum atomic E-state index is 5.83. The molecule has 0 aromatic carbocycles. The van der Waals surface area contributed by atoms with E-state index in [9.17, 15) is 0 Å². The molecule has 3 nitrogen and oxygen atoms in total. The van der Waals surface area contributed by atoms with Crippen molar-refractivity contribution in [3.8, 4) is 11.5 Å². The zero-order valence-corrected chi connectivity index (χ0v) is 11.2. The molecule has 0 saturated heterocycles. The topological polar surface area (TPSA) is 31.4 Å². The van der Waals surface area contributed by atoms with Crippen LogP contribution in [0.25, 0.3) is 0 Å². The Kier molecular flexibility index (Phi) is 2.85. The largest absolute Gasteiger partial charge is 0.483 e. The van der Waals surface area contributed by atoms with Crippen LogP contribution in [0.4, 0.5) is 0 Å². The van der Waals surface area contributed by atoms with Gasteiger partial charge in [0.05, 0.1) is 0 Å². The Morgan fingerprint density at radius 3 is 2.93 bits per heavy atom. The molecule has 1 aromatic rings. The highest BCUT2D eigenvalue weighted by molar-refractivity contribution is 9.10. The van der Waals surface area contributed by atoms with E-state index in [0.717, 1.165) is 10.8 Å². The quantitative estimate of drug-likeness (QED) is 0.587. The van der Waals surface area contributed by atoms with Gasteiger partial charge < -0.3 is 9.47 Å². The second-order valence-electron chi connectivity index (χ2n) is 3.93. The Labute approximate surface area is 102 Å². The molecule has 1 aliphatic rings. The SMILES string of the molecule is CSc1cc2c(c(Br)n1)OCC(C)(C)O2. The van der Waals surface area contributed by atoms with Gasteiger partial charge in [0.15, 0.2) is 16.1 Å². The van der Waals surface area contributed by atoms with Crippen molar-refractivity contribution in [1.82, 2.24) is 4.98 Å². The van der Waals surface area contributed by atoms with Gasteiger partial charge in [-0.25, -0.2) is 4.98 Å². The van der Waals surface area contributed by atoms with Crippen LogP contribution < -0.4 is 9.47 Å². The molecule has 0 N–H and O–H groups in total. The van der Waals surface area contributed by atoms with Crippen molar-refractivity contribution in [3.05, 3.63) is 10.7 Å². The minimum absolute atomic E-state index is 0.274. The maximum Gasteiger partial charge on any atom is 0.194 e. The highest BCUT2D eigenvalue weighted by atomic mass is 79.9. The van der Waals surface area contributed by atoms with Crippen molar-refractivity contribution < 1.29 is 9.47 Å². The van der Waals surface area contributed by atoms with Gasteiger partial charge in [0.2, 0.25) is 0 Å². The lowest BCUT2D eigenvalue weighted by Crippen LogP contribution is -2.38. The lowest BCUT2D eigenvalue weighted by molar-refractivity contribution is 0.0198. The molecule has 0 radical (unpaired) electrons. The summed E-state index contributed by atoms with van der Waals surface area (Å²) in [6, 6.07) is 1.91. The van der Waals surface area contributed by atoms with Crippen molar-refractivity contribution >= 4 is 27.7 Å². The first-order chi connectivity index (χ1) is 7.02. The van der Waals surface area contributed by atoms with Crippen molar-refractivity contribution in [2.45, 2.75) is 24.5 Å². The molecule has 0 spiro atoms. The second kappa shape index (κ2) is 3.87. The van der Waals surface area contributed by atoms with Crippen LogP contribution >= 0.6 is 27.7 Å². The molecule has 1 aromatic heterocycles. The zero-order valence-electron chi connectivity index (χ0n) is 8.83. The first kappa shape index (κ1) is 11.1. The molecule has 0 fully saturated rings. The van der Waals surface area contributed by atoms with Crippen LogP contribution in [0, 0.1) is 0 Å². The number of halogens is 1. The molecule has 2 rings (SSSR count). The number of fused-ring (bicyclic) bond motifs is 1.